The molecule has 0 amide bonds. The van der Waals surface area contributed by atoms with E-state index >= 15 is 0 Å². The standard InChI is InChI=1S/C12H13NO2/c1-3-6-9(2)13-11-8-5-4-7-10(11)12(14)15/h1,4-5,7-9,13H,6H2,2H3,(H,14,15). The number of carbonyl (C=O) groups is 1. The smallest absolute Gasteiger partial charge is 0.337 e. The van der Waals surface area contributed by atoms with Crippen LogP contribution in [0, 0.1) is 12.3 Å². The monoisotopic (exact) mass is 203 g/mol. The van der Waals surface area contributed by atoms with Crippen LogP contribution < -0.4 is 5.32 Å². The summed E-state index contributed by atoms with van der Waals surface area (Å²) in [5, 5.41) is 12.0. The van der Waals surface area contributed by atoms with Gasteiger partial charge in [-0.1, -0.05) is 12.1 Å². The van der Waals surface area contributed by atoms with Gasteiger partial charge in [0.2, 0.25) is 0 Å². The van der Waals surface area contributed by atoms with Crippen molar-refractivity contribution in [3.8, 4) is 12.3 Å². The fourth-order valence-corrected chi connectivity index (χ4v) is 1.29. The van der Waals surface area contributed by atoms with Gasteiger partial charge in [0.15, 0.2) is 0 Å². The van der Waals surface area contributed by atoms with E-state index in [1.165, 1.54) is 0 Å². The van der Waals surface area contributed by atoms with Gasteiger partial charge in [0.25, 0.3) is 0 Å². The van der Waals surface area contributed by atoms with Gasteiger partial charge >= 0.3 is 5.97 Å². The number of nitrogens with one attached hydrogen (secondary N) is 1. The van der Waals surface area contributed by atoms with Crippen molar-refractivity contribution in [2.75, 3.05) is 5.32 Å². The van der Waals surface area contributed by atoms with E-state index in [1.807, 2.05) is 6.92 Å². The fourth-order valence-electron chi connectivity index (χ4n) is 1.29. The lowest BCUT2D eigenvalue weighted by atomic mass is 10.1. The number of anilines is 1. The molecule has 0 saturated heterocycles. The van der Waals surface area contributed by atoms with Crippen molar-refractivity contribution in [2.45, 2.75) is 19.4 Å². The van der Waals surface area contributed by atoms with Crippen LogP contribution in [0.2, 0.25) is 0 Å². The molecule has 0 saturated carbocycles. The first-order valence-corrected chi connectivity index (χ1v) is 4.67. The van der Waals surface area contributed by atoms with Crippen molar-refractivity contribution in [1.82, 2.24) is 0 Å². The normalized spacial score (nSPS) is 11.5. The number of aromatic carboxylic acids is 1. The van der Waals surface area contributed by atoms with Crippen LogP contribution in [0.5, 0.6) is 0 Å². The Labute approximate surface area is 89.1 Å². The van der Waals surface area contributed by atoms with Gasteiger partial charge in [-0.25, -0.2) is 4.79 Å². The lowest BCUT2D eigenvalue weighted by molar-refractivity contribution is 0.0698. The Balaban J connectivity index is 2.85. The van der Waals surface area contributed by atoms with Crippen molar-refractivity contribution in [3.05, 3.63) is 29.8 Å². The molecule has 0 aliphatic rings. The van der Waals surface area contributed by atoms with E-state index in [0.29, 0.717) is 12.1 Å². The molecule has 3 heteroatoms. The summed E-state index contributed by atoms with van der Waals surface area (Å²) in [6, 6.07) is 6.84. The summed E-state index contributed by atoms with van der Waals surface area (Å²) in [4.78, 5) is 10.9. The number of terminal acetylenes is 1. The second-order valence-corrected chi connectivity index (χ2v) is 3.30. The van der Waals surface area contributed by atoms with Gasteiger partial charge in [-0.15, -0.1) is 12.3 Å². The predicted molar refractivity (Wildman–Crippen MR) is 59.9 cm³/mol. The van der Waals surface area contributed by atoms with Crippen molar-refractivity contribution < 1.29 is 9.90 Å². The number of carboxylic acids is 1. The van der Waals surface area contributed by atoms with E-state index < -0.39 is 5.97 Å². The molecular weight excluding hydrogens is 190 g/mol. The molecule has 1 aromatic rings. The summed E-state index contributed by atoms with van der Waals surface area (Å²) in [6.45, 7) is 1.92. The molecule has 0 aliphatic heterocycles. The number of rotatable bonds is 4. The second-order valence-electron chi connectivity index (χ2n) is 3.30. The Hall–Kier alpha value is -1.95. The summed E-state index contributed by atoms with van der Waals surface area (Å²) in [5.41, 5.74) is 0.870. The lowest BCUT2D eigenvalue weighted by Crippen LogP contribution is -2.16. The number of benzene rings is 1. The van der Waals surface area contributed by atoms with Crippen molar-refractivity contribution in [3.63, 3.8) is 0 Å². The summed E-state index contributed by atoms with van der Waals surface area (Å²) in [7, 11) is 0. The van der Waals surface area contributed by atoms with E-state index in [4.69, 9.17) is 11.5 Å². The highest BCUT2D eigenvalue weighted by Crippen LogP contribution is 2.16. The molecule has 3 nitrogen and oxygen atoms in total. The number of carboxylic acid groups (broad SMARTS) is 1. The SMILES string of the molecule is C#CCC(C)Nc1ccccc1C(=O)O. The minimum Gasteiger partial charge on any atom is -0.478 e. The average molecular weight is 203 g/mol. The Bertz CT molecular complexity index is 393. The maximum absolute atomic E-state index is 10.9. The highest BCUT2D eigenvalue weighted by Gasteiger charge is 2.10. The minimum absolute atomic E-state index is 0.0653. The van der Waals surface area contributed by atoms with Gasteiger partial charge < -0.3 is 10.4 Å². The molecule has 1 rings (SSSR count). The molecule has 0 aliphatic carbocycles. The Morgan fingerprint density at radius 2 is 2.27 bits per heavy atom. The molecular formula is C12H13NO2. The van der Waals surface area contributed by atoms with E-state index in [1.54, 1.807) is 24.3 Å². The minimum atomic E-state index is -0.939. The zero-order chi connectivity index (χ0) is 11.3. The van der Waals surface area contributed by atoms with E-state index in [9.17, 15) is 4.79 Å². The van der Waals surface area contributed by atoms with Crippen LogP contribution in [0.25, 0.3) is 0 Å². The summed E-state index contributed by atoms with van der Waals surface area (Å²) in [5.74, 6) is 1.59. The molecule has 1 atom stereocenters. The zero-order valence-electron chi connectivity index (χ0n) is 8.53. The topological polar surface area (TPSA) is 49.3 Å². The third-order valence-electron chi connectivity index (χ3n) is 1.98. The first kappa shape index (κ1) is 11.1. The largest absolute Gasteiger partial charge is 0.478 e. The summed E-state index contributed by atoms with van der Waals surface area (Å²) < 4.78 is 0. The van der Waals surface area contributed by atoms with Crippen LogP contribution in [0.3, 0.4) is 0 Å². The molecule has 0 bridgehead atoms. The molecule has 0 aromatic heterocycles. The number of para-hydroxylation sites is 1. The third-order valence-corrected chi connectivity index (χ3v) is 1.98. The van der Waals surface area contributed by atoms with Crippen LogP contribution in [0.4, 0.5) is 5.69 Å². The van der Waals surface area contributed by atoms with Crippen LogP contribution in [0.15, 0.2) is 24.3 Å². The van der Waals surface area contributed by atoms with Gasteiger partial charge in [-0.05, 0) is 19.1 Å². The highest BCUT2D eigenvalue weighted by molar-refractivity contribution is 5.94. The maximum atomic E-state index is 10.9. The van der Waals surface area contributed by atoms with Gasteiger partial charge in [-0.3, -0.25) is 0 Å². The molecule has 0 radical (unpaired) electrons. The molecule has 1 unspecified atom stereocenters. The van der Waals surface area contributed by atoms with Gasteiger partial charge in [0, 0.05) is 18.2 Å². The van der Waals surface area contributed by atoms with Gasteiger partial charge in [0.05, 0.1) is 5.56 Å². The second kappa shape index (κ2) is 5.06. The summed E-state index contributed by atoms with van der Waals surface area (Å²) >= 11 is 0. The molecule has 1 aromatic carbocycles. The van der Waals surface area contributed by atoms with E-state index in [0.717, 1.165) is 0 Å². The van der Waals surface area contributed by atoms with Gasteiger partial charge in [-0.2, -0.15) is 0 Å². The van der Waals surface area contributed by atoms with E-state index in [2.05, 4.69) is 11.2 Å². The zero-order valence-corrected chi connectivity index (χ0v) is 8.53. The lowest BCUT2D eigenvalue weighted by Gasteiger charge is -2.14. The van der Waals surface area contributed by atoms with Crippen molar-refractivity contribution in [2.24, 2.45) is 0 Å². The maximum Gasteiger partial charge on any atom is 0.337 e. The third kappa shape index (κ3) is 3.03. The number of hydrogen-bond acceptors (Lipinski definition) is 2. The van der Waals surface area contributed by atoms with Crippen molar-refractivity contribution >= 4 is 11.7 Å². The van der Waals surface area contributed by atoms with Gasteiger partial charge in [0.1, 0.15) is 0 Å². The van der Waals surface area contributed by atoms with Crippen LogP contribution in [-0.4, -0.2) is 17.1 Å². The molecule has 78 valence electrons. The first-order valence-electron chi connectivity index (χ1n) is 4.67. The molecule has 0 heterocycles. The Morgan fingerprint density at radius 3 is 2.87 bits per heavy atom. The highest BCUT2D eigenvalue weighted by atomic mass is 16.4. The fraction of sp³-hybridized carbons (Fsp3) is 0.250. The first-order chi connectivity index (χ1) is 7.15. The Kier molecular flexibility index (Phi) is 3.75. The molecule has 0 fully saturated rings. The van der Waals surface area contributed by atoms with Crippen LogP contribution in [-0.2, 0) is 0 Å². The van der Waals surface area contributed by atoms with Crippen LogP contribution >= 0.6 is 0 Å². The number of hydrogen-bond donors (Lipinski definition) is 2. The van der Waals surface area contributed by atoms with E-state index in [-0.39, 0.29) is 11.6 Å². The summed E-state index contributed by atoms with van der Waals surface area (Å²) in [6.07, 6.45) is 5.74. The average Bonchev–Trinajstić information content (AvgIpc) is 2.18. The Morgan fingerprint density at radius 1 is 1.60 bits per heavy atom. The van der Waals surface area contributed by atoms with Crippen molar-refractivity contribution in [1.29, 1.82) is 0 Å². The molecule has 15 heavy (non-hydrogen) atoms. The quantitative estimate of drug-likeness (QED) is 0.737. The van der Waals surface area contributed by atoms with Crippen LogP contribution in [0.1, 0.15) is 23.7 Å². The molecule has 0 spiro atoms. The predicted octanol–water partition coefficient (Wildman–Crippen LogP) is 2.21. The molecule has 2 N–H and O–H groups in total.